The number of aliphatic imine (C=N–C) groups is 1. The molecule has 108 valence electrons. The van der Waals surface area contributed by atoms with Gasteiger partial charge in [0.25, 0.3) is 0 Å². The van der Waals surface area contributed by atoms with Gasteiger partial charge >= 0.3 is 0 Å². The molecule has 3 rings (SSSR count). The number of rotatable bonds is 1. The molecule has 0 saturated carbocycles. The van der Waals surface area contributed by atoms with Crippen molar-refractivity contribution >= 4 is 39.2 Å². The lowest BCUT2D eigenvalue weighted by molar-refractivity contribution is 0.322. The number of hydrogen-bond acceptors (Lipinski definition) is 4. The van der Waals surface area contributed by atoms with Gasteiger partial charge in [-0.2, -0.15) is 0 Å². The standard InChI is InChI=1S/C14H18BrClN4/c1-9-6-14(8-19(9)2)7-18-13(17)20(14)10-3-4-12(16)11(15)5-10/h3-5,9H,6-8H2,1-2H3,(H2,17,18). The first kappa shape index (κ1) is 14.2. The van der Waals surface area contributed by atoms with Crippen molar-refractivity contribution in [3.05, 3.63) is 27.7 Å². The Labute approximate surface area is 132 Å². The van der Waals surface area contributed by atoms with Crippen molar-refractivity contribution < 1.29 is 0 Å². The normalized spacial score (nSPS) is 30.3. The van der Waals surface area contributed by atoms with Crippen LogP contribution in [0.3, 0.4) is 0 Å². The second kappa shape index (κ2) is 4.90. The van der Waals surface area contributed by atoms with E-state index in [1.165, 1.54) is 0 Å². The van der Waals surface area contributed by atoms with Crippen LogP contribution in [-0.4, -0.2) is 42.6 Å². The predicted molar refractivity (Wildman–Crippen MR) is 87.6 cm³/mol. The van der Waals surface area contributed by atoms with E-state index in [0.717, 1.165) is 29.7 Å². The van der Waals surface area contributed by atoms with Gasteiger partial charge in [-0.1, -0.05) is 11.6 Å². The van der Waals surface area contributed by atoms with Crippen molar-refractivity contribution in [3.8, 4) is 0 Å². The molecule has 1 aromatic rings. The molecule has 2 heterocycles. The fourth-order valence-electron chi connectivity index (χ4n) is 3.31. The summed E-state index contributed by atoms with van der Waals surface area (Å²) in [4.78, 5) is 9.04. The van der Waals surface area contributed by atoms with Gasteiger partial charge in [0.15, 0.2) is 5.96 Å². The topological polar surface area (TPSA) is 44.9 Å². The zero-order valence-electron chi connectivity index (χ0n) is 11.6. The van der Waals surface area contributed by atoms with Crippen molar-refractivity contribution in [1.82, 2.24) is 4.90 Å². The van der Waals surface area contributed by atoms with E-state index in [1.54, 1.807) is 0 Å². The summed E-state index contributed by atoms with van der Waals surface area (Å²) in [6.07, 6.45) is 1.06. The van der Waals surface area contributed by atoms with Crippen LogP contribution < -0.4 is 10.6 Å². The van der Waals surface area contributed by atoms with Crippen LogP contribution in [0, 0.1) is 0 Å². The largest absolute Gasteiger partial charge is 0.369 e. The number of halogens is 2. The van der Waals surface area contributed by atoms with Gasteiger partial charge < -0.3 is 15.5 Å². The van der Waals surface area contributed by atoms with Crippen molar-refractivity contribution in [2.75, 3.05) is 25.0 Å². The molecule has 1 aromatic carbocycles. The number of nitrogens with zero attached hydrogens (tertiary/aromatic N) is 3. The Bertz CT molecular complexity index is 564. The fraction of sp³-hybridized carbons (Fsp3) is 0.500. The number of hydrogen-bond donors (Lipinski definition) is 1. The molecule has 0 aliphatic carbocycles. The molecule has 2 atom stereocenters. The van der Waals surface area contributed by atoms with Crippen LogP contribution in [0.5, 0.6) is 0 Å². The number of guanidine groups is 1. The smallest absolute Gasteiger partial charge is 0.196 e. The van der Waals surface area contributed by atoms with Crippen LogP contribution in [0.15, 0.2) is 27.7 Å². The maximum absolute atomic E-state index is 6.15. The summed E-state index contributed by atoms with van der Waals surface area (Å²) in [5.74, 6) is 0.599. The first-order valence-electron chi connectivity index (χ1n) is 6.68. The number of likely N-dealkylation sites (N-methyl/N-ethyl adjacent to an activating group) is 1. The molecule has 6 heteroatoms. The molecule has 1 spiro atoms. The monoisotopic (exact) mass is 356 g/mol. The second-order valence-electron chi connectivity index (χ2n) is 5.80. The van der Waals surface area contributed by atoms with Crippen molar-refractivity contribution in [2.24, 2.45) is 10.7 Å². The summed E-state index contributed by atoms with van der Waals surface area (Å²) in [7, 11) is 2.16. The molecular formula is C14H18BrClN4. The highest BCUT2D eigenvalue weighted by Crippen LogP contribution is 2.39. The Balaban J connectivity index is 2.01. The highest BCUT2D eigenvalue weighted by Gasteiger charge is 2.49. The molecule has 20 heavy (non-hydrogen) atoms. The van der Waals surface area contributed by atoms with Crippen LogP contribution in [0.4, 0.5) is 5.69 Å². The van der Waals surface area contributed by atoms with Gasteiger partial charge in [-0.05, 0) is 54.5 Å². The average Bonchev–Trinajstić information content (AvgIpc) is 2.84. The molecule has 0 aromatic heterocycles. The van der Waals surface area contributed by atoms with E-state index in [9.17, 15) is 0 Å². The molecule has 2 aliphatic rings. The number of benzene rings is 1. The molecule has 1 saturated heterocycles. The average molecular weight is 358 g/mol. The van der Waals surface area contributed by atoms with E-state index in [2.05, 4.69) is 44.7 Å². The van der Waals surface area contributed by atoms with Gasteiger partial charge in [0, 0.05) is 22.7 Å². The van der Waals surface area contributed by atoms with Crippen LogP contribution in [0.25, 0.3) is 0 Å². The third kappa shape index (κ3) is 2.12. The summed E-state index contributed by atoms with van der Waals surface area (Å²) >= 11 is 9.57. The van der Waals surface area contributed by atoms with E-state index >= 15 is 0 Å². The van der Waals surface area contributed by atoms with E-state index in [1.807, 2.05) is 18.2 Å². The van der Waals surface area contributed by atoms with E-state index < -0.39 is 0 Å². The lowest BCUT2D eigenvalue weighted by Gasteiger charge is -2.36. The van der Waals surface area contributed by atoms with Crippen LogP contribution >= 0.6 is 27.5 Å². The minimum Gasteiger partial charge on any atom is -0.369 e. The van der Waals surface area contributed by atoms with Gasteiger partial charge in [-0.15, -0.1) is 0 Å². The molecule has 0 radical (unpaired) electrons. The maximum Gasteiger partial charge on any atom is 0.196 e. The first-order valence-corrected chi connectivity index (χ1v) is 7.85. The number of likely N-dealkylation sites (tertiary alicyclic amines) is 1. The summed E-state index contributed by atoms with van der Waals surface area (Å²) < 4.78 is 0.880. The minimum atomic E-state index is -0.0223. The summed E-state index contributed by atoms with van der Waals surface area (Å²) in [5, 5.41) is 0.703. The predicted octanol–water partition coefficient (Wildman–Crippen LogP) is 2.70. The van der Waals surface area contributed by atoms with E-state index in [4.69, 9.17) is 17.3 Å². The summed E-state index contributed by atoms with van der Waals surface area (Å²) in [5.41, 5.74) is 7.18. The molecule has 0 bridgehead atoms. The molecule has 2 N–H and O–H groups in total. The third-order valence-corrected chi connectivity index (χ3v) is 5.59. The molecule has 4 nitrogen and oxygen atoms in total. The lowest BCUT2D eigenvalue weighted by Crippen LogP contribution is -2.53. The Hall–Kier alpha value is -0.780. The Morgan fingerprint density at radius 2 is 2.25 bits per heavy atom. The van der Waals surface area contributed by atoms with E-state index in [-0.39, 0.29) is 5.54 Å². The molecule has 2 unspecified atom stereocenters. The Kier molecular flexibility index (Phi) is 3.47. The molecule has 2 aliphatic heterocycles. The van der Waals surface area contributed by atoms with Crippen LogP contribution in [0.1, 0.15) is 13.3 Å². The molecule has 0 amide bonds. The van der Waals surface area contributed by atoms with Crippen molar-refractivity contribution in [2.45, 2.75) is 24.9 Å². The Morgan fingerprint density at radius 3 is 2.85 bits per heavy atom. The number of nitrogens with two attached hydrogens (primary N) is 1. The van der Waals surface area contributed by atoms with E-state index in [0.29, 0.717) is 17.0 Å². The maximum atomic E-state index is 6.15. The number of anilines is 1. The minimum absolute atomic E-state index is 0.0223. The van der Waals surface area contributed by atoms with Crippen LogP contribution in [0.2, 0.25) is 5.02 Å². The first-order chi connectivity index (χ1) is 9.43. The van der Waals surface area contributed by atoms with Crippen LogP contribution in [-0.2, 0) is 0 Å². The van der Waals surface area contributed by atoms with Gasteiger partial charge in [0.2, 0.25) is 0 Å². The fourth-order valence-corrected chi connectivity index (χ4v) is 3.79. The van der Waals surface area contributed by atoms with Gasteiger partial charge in [0.1, 0.15) is 0 Å². The third-order valence-electron chi connectivity index (χ3n) is 4.37. The zero-order valence-corrected chi connectivity index (χ0v) is 13.9. The Morgan fingerprint density at radius 1 is 1.50 bits per heavy atom. The molecule has 1 fully saturated rings. The highest BCUT2D eigenvalue weighted by molar-refractivity contribution is 9.10. The lowest BCUT2D eigenvalue weighted by atomic mass is 9.94. The zero-order chi connectivity index (χ0) is 14.5. The van der Waals surface area contributed by atoms with Gasteiger partial charge in [-0.3, -0.25) is 4.99 Å². The van der Waals surface area contributed by atoms with Gasteiger partial charge in [-0.25, -0.2) is 0 Å². The summed E-state index contributed by atoms with van der Waals surface area (Å²) in [6.45, 7) is 3.98. The quantitative estimate of drug-likeness (QED) is 0.840. The van der Waals surface area contributed by atoms with Gasteiger partial charge in [0.05, 0.1) is 17.1 Å². The summed E-state index contributed by atoms with van der Waals surface area (Å²) in [6, 6.07) is 6.45. The van der Waals surface area contributed by atoms with Crippen molar-refractivity contribution in [3.63, 3.8) is 0 Å². The van der Waals surface area contributed by atoms with Crippen molar-refractivity contribution in [1.29, 1.82) is 0 Å². The highest BCUT2D eigenvalue weighted by atomic mass is 79.9. The second-order valence-corrected chi connectivity index (χ2v) is 7.06. The molecular weight excluding hydrogens is 340 g/mol. The SMILES string of the molecule is CC1CC2(CN=C(N)N2c2ccc(Cl)c(Br)c2)CN1C.